The Kier molecular flexibility index (Phi) is 6.65. The van der Waals surface area contributed by atoms with Crippen LogP contribution >= 0.6 is 0 Å². The first-order valence-corrected chi connectivity index (χ1v) is 7.39. The third-order valence-electron chi connectivity index (χ3n) is 4.11. The van der Waals surface area contributed by atoms with Crippen LogP contribution in [0.4, 0.5) is 0 Å². The number of nitrogens with zero attached hydrogens (tertiary/aromatic N) is 2. The molecule has 1 aliphatic heterocycles. The Morgan fingerprint density at radius 2 is 1.83 bits per heavy atom. The molecule has 0 aromatic rings. The number of rotatable bonds is 6. The summed E-state index contributed by atoms with van der Waals surface area (Å²) in [5.74, 6) is 0.238. The number of hydrogen-bond acceptors (Lipinski definition) is 3. The molecule has 2 N–H and O–H groups in total. The van der Waals surface area contributed by atoms with Crippen molar-refractivity contribution in [3.05, 3.63) is 0 Å². The molecule has 1 saturated heterocycles. The van der Waals surface area contributed by atoms with Crippen molar-refractivity contribution >= 4 is 5.91 Å². The van der Waals surface area contributed by atoms with Crippen LogP contribution in [0.25, 0.3) is 0 Å². The minimum Gasteiger partial charge on any atom is -0.343 e. The zero-order valence-corrected chi connectivity index (χ0v) is 12.2. The second-order valence-electron chi connectivity index (χ2n) is 5.21. The quantitative estimate of drug-likeness (QED) is 0.781. The molecule has 0 spiro atoms. The van der Waals surface area contributed by atoms with Gasteiger partial charge in [-0.25, -0.2) is 0 Å². The predicted molar refractivity (Wildman–Crippen MR) is 75.4 cm³/mol. The molecule has 4 nitrogen and oxygen atoms in total. The molecule has 1 unspecified atom stereocenters. The van der Waals surface area contributed by atoms with E-state index < -0.39 is 0 Å². The van der Waals surface area contributed by atoms with Crippen molar-refractivity contribution in [3.8, 4) is 0 Å². The monoisotopic (exact) mass is 255 g/mol. The highest BCUT2D eigenvalue weighted by Gasteiger charge is 2.25. The molecule has 0 aromatic heterocycles. The number of piperidine rings is 1. The molecule has 1 atom stereocenters. The van der Waals surface area contributed by atoms with Gasteiger partial charge < -0.3 is 15.5 Å². The molecule has 1 heterocycles. The minimum atomic E-state index is 0.0259. The molecule has 0 bridgehead atoms. The number of likely N-dealkylation sites (tertiary alicyclic amines) is 1. The zero-order valence-electron chi connectivity index (χ0n) is 12.2. The van der Waals surface area contributed by atoms with Crippen LogP contribution in [0.3, 0.4) is 0 Å². The SMILES string of the molecule is CCC(N)CC(=O)N1CCC(N(CC)CC)CC1. The Morgan fingerprint density at radius 1 is 1.28 bits per heavy atom. The van der Waals surface area contributed by atoms with Crippen LogP contribution in [-0.4, -0.2) is 54.0 Å². The van der Waals surface area contributed by atoms with Gasteiger partial charge in [0.05, 0.1) is 0 Å². The number of hydrogen-bond donors (Lipinski definition) is 1. The van der Waals surface area contributed by atoms with Gasteiger partial charge in [0.15, 0.2) is 0 Å². The van der Waals surface area contributed by atoms with Gasteiger partial charge in [-0.05, 0) is 32.4 Å². The van der Waals surface area contributed by atoms with Crippen molar-refractivity contribution < 1.29 is 4.79 Å². The van der Waals surface area contributed by atoms with Crippen molar-refractivity contribution in [1.29, 1.82) is 0 Å². The summed E-state index contributed by atoms with van der Waals surface area (Å²) < 4.78 is 0. The third-order valence-corrected chi connectivity index (χ3v) is 4.11. The van der Waals surface area contributed by atoms with Crippen LogP contribution in [0.5, 0.6) is 0 Å². The number of carbonyl (C=O) groups excluding carboxylic acids is 1. The Hall–Kier alpha value is -0.610. The van der Waals surface area contributed by atoms with Crippen LogP contribution in [0.15, 0.2) is 0 Å². The lowest BCUT2D eigenvalue weighted by Crippen LogP contribution is -2.47. The van der Waals surface area contributed by atoms with Gasteiger partial charge in [-0.1, -0.05) is 20.8 Å². The van der Waals surface area contributed by atoms with E-state index in [-0.39, 0.29) is 11.9 Å². The first-order valence-electron chi connectivity index (χ1n) is 7.39. The average molecular weight is 255 g/mol. The molecular weight excluding hydrogens is 226 g/mol. The molecule has 106 valence electrons. The van der Waals surface area contributed by atoms with Crippen LogP contribution < -0.4 is 5.73 Å². The fourth-order valence-corrected chi connectivity index (χ4v) is 2.72. The van der Waals surface area contributed by atoms with E-state index in [1.54, 1.807) is 0 Å². The Bertz CT molecular complexity index is 245. The normalized spacial score (nSPS) is 19.3. The van der Waals surface area contributed by atoms with Gasteiger partial charge >= 0.3 is 0 Å². The van der Waals surface area contributed by atoms with Crippen LogP contribution in [0.1, 0.15) is 46.5 Å². The van der Waals surface area contributed by atoms with Crippen molar-refractivity contribution in [3.63, 3.8) is 0 Å². The molecule has 1 amide bonds. The number of carbonyl (C=O) groups is 1. The van der Waals surface area contributed by atoms with E-state index >= 15 is 0 Å². The van der Waals surface area contributed by atoms with Gasteiger partial charge in [-0.15, -0.1) is 0 Å². The fraction of sp³-hybridized carbons (Fsp3) is 0.929. The summed E-state index contributed by atoms with van der Waals surface area (Å²) in [4.78, 5) is 16.5. The molecule has 0 aromatic carbocycles. The van der Waals surface area contributed by atoms with E-state index in [2.05, 4.69) is 18.7 Å². The number of amides is 1. The van der Waals surface area contributed by atoms with Crippen molar-refractivity contribution in [2.45, 2.75) is 58.5 Å². The largest absolute Gasteiger partial charge is 0.343 e. The highest BCUT2D eigenvalue weighted by molar-refractivity contribution is 5.76. The Morgan fingerprint density at radius 3 is 2.28 bits per heavy atom. The number of nitrogens with two attached hydrogens (primary N) is 1. The molecule has 4 heteroatoms. The van der Waals surface area contributed by atoms with Gasteiger partial charge in [0, 0.05) is 31.6 Å². The summed E-state index contributed by atoms with van der Waals surface area (Å²) in [5, 5.41) is 0. The van der Waals surface area contributed by atoms with E-state index in [1.165, 1.54) is 0 Å². The van der Waals surface area contributed by atoms with Crippen LogP contribution in [0.2, 0.25) is 0 Å². The minimum absolute atomic E-state index is 0.0259. The first-order chi connectivity index (χ1) is 8.62. The molecule has 18 heavy (non-hydrogen) atoms. The lowest BCUT2D eigenvalue weighted by atomic mass is 10.0. The van der Waals surface area contributed by atoms with E-state index in [1.807, 2.05) is 11.8 Å². The standard InChI is InChI=1S/C14H29N3O/c1-4-12(15)11-14(18)17-9-7-13(8-10-17)16(5-2)6-3/h12-13H,4-11,15H2,1-3H3. The summed E-state index contributed by atoms with van der Waals surface area (Å²) in [6.45, 7) is 10.5. The lowest BCUT2D eigenvalue weighted by molar-refractivity contribution is -0.133. The maximum atomic E-state index is 12.0. The predicted octanol–water partition coefficient (Wildman–Crippen LogP) is 1.45. The summed E-state index contributed by atoms with van der Waals surface area (Å²) in [6.07, 6.45) is 3.59. The van der Waals surface area contributed by atoms with Gasteiger partial charge in [-0.3, -0.25) is 4.79 Å². The third kappa shape index (κ3) is 4.25. The second-order valence-corrected chi connectivity index (χ2v) is 5.21. The molecule has 1 fully saturated rings. The van der Waals surface area contributed by atoms with Crippen LogP contribution in [0, 0.1) is 0 Å². The zero-order chi connectivity index (χ0) is 13.5. The Balaban J connectivity index is 2.36. The maximum absolute atomic E-state index is 12.0. The molecule has 0 aliphatic carbocycles. The maximum Gasteiger partial charge on any atom is 0.224 e. The molecular formula is C14H29N3O. The topological polar surface area (TPSA) is 49.6 Å². The second kappa shape index (κ2) is 7.74. The van der Waals surface area contributed by atoms with Gasteiger partial charge in [0.2, 0.25) is 5.91 Å². The average Bonchev–Trinajstić information content (AvgIpc) is 2.40. The van der Waals surface area contributed by atoms with E-state index in [9.17, 15) is 4.79 Å². The smallest absolute Gasteiger partial charge is 0.224 e. The van der Waals surface area contributed by atoms with E-state index in [4.69, 9.17) is 5.73 Å². The summed E-state index contributed by atoms with van der Waals surface area (Å²) in [7, 11) is 0. The van der Waals surface area contributed by atoms with E-state index in [0.717, 1.165) is 45.4 Å². The summed E-state index contributed by atoms with van der Waals surface area (Å²) in [6, 6.07) is 0.682. The molecule has 1 aliphatic rings. The lowest BCUT2D eigenvalue weighted by Gasteiger charge is -2.38. The van der Waals surface area contributed by atoms with Gasteiger partial charge in [0.25, 0.3) is 0 Å². The fourth-order valence-electron chi connectivity index (χ4n) is 2.72. The Labute approximate surface area is 111 Å². The molecule has 0 saturated carbocycles. The molecule has 0 radical (unpaired) electrons. The van der Waals surface area contributed by atoms with Gasteiger partial charge in [-0.2, -0.15) is 0 Å². The summed E-state index contributed by atoms with van der Waals surface area (Å²) in [5.41, 5.74) is 5.84. The van der Waals surface area contributed by atoms with Crippen LogP contribution in [-0.2, 0) is 4.79 Å². The first kappa shape index (κ1) is 15.4. The highest BCUT2D eigenvalue weighted by atomic mass is 16.2. The summed E-state index contributed by atoms with van der Waals surface area (Å²) >= 11 is 0. The van der Waals surface area contributed by atoms with E-state index in [0.29, 0.717) is 12.5 Å². The van der Waals surface area contributed by atoms with Crippen molar-refractivity contribution in [1.82, 2.24) is 9.80 Å². The van der Waals surface area contributed by atoms with Gasteiger partial charge in [0.1, 0.15) is 0 Å². The van der Waals surface area contributed by atoms with Crippen molar-refractivity contribution in [2.24, 2.45) is 5.73 Å². The van der Waals surface area contributed by atoms with Crippen molar-refractivity contribution in [2.75, 3.05) is 26.2 Å². The highest BCUT2D eigenvalue weighted by Crippen LogP contribution is 2.17. The molecule has 1 rings (SSSR count).